The number of likely N-dealkylation sites (tertiary alicyclic amines) is 1. The van der Waals surface area contributed by atoms with Gasteiger partial charge in [-0.25, -0.2) is 13.8 Å². The Labute approximate surface area is 180 Å². The molecular formula is C21H22F5N5O+2. The molecule has 1 aliphatic rings. The van der Waals surface area contributed by atoms with Gasteiger partial charge in [0.15, 0.2) is 18.1 Å². The van der Waals surface area contributed by atoms with Gasteiger partial charge >= 0.3 is 12.0 Å². The zero-order chi connectivity index (χ0) is 22.9. The first-order valence-electron chi connectivity index (χ1n) is 10.2. The number of halogens is 5. The molecule has 0 aromatic carbocycles. The molecule has 32 heavy (non-hydrogen) atoms. The second-order valence-corrected chi connectivity index (χ2v) is 7.89. The average molecular weight is 455 g/mol. The number of hydrogen-bond acceptors (Lipinski definition) is 2. The van der Waals surface area contributed by atoms with Gasteiger partial charge in [0.25, 0.3) is 11.8 Å². The van der Waals surface area contributed by atoms with Crippen LogP contribution in [0.5, 0.6) is 0 Å². The average Bonchev–Trinajstić information content (AvgIpc) is 3.12. The zero-order valence-corrected chi connectivity index (χ0v) is 16.9. The number of H-pyrrole nitrogens is 1. The molecule has 4 heterocycles. The molecule has 1 unspecified atom stereocenters. The number of alkyl halides is 5. The largest absolute Gasteiger partial charge is 0.414 e. The quantitative estimate of drug-likeness (QED) is 0.407. The molecule has 0 aliphatic carbocycles. The maximum Gasteiger partial charge on any atom is 0.414 e. The zero-order valence-electron chi connectivity index (χ0n) is 16.9. The number of fused-ring (bicyclic) bond motifs is 1. The molecule has 1 aliphatic heterocycles. The molecule has 0 spiro atoms. The number of aromatic amines is 1. The molecule has 1 amide bonds. The summed E-state index contributed by atoms with van der Waals surface area (Å²) in [5.41, 5.74) is 0.0342. The SMILES string of the molecule is O=C(NC(c1ccccn1)C(F)(F)F)c1[nH]c(C[NH+]2CCC(F)(F)CC2)[n+]2ccccc12. The van der Waals surface area contributed by atoms with Crippen molar-refractivity contribution in [3.8, 4) is 0 Å². The number of quaternary nitrogens is 1. The molecule has 3 aromatic heterocycles. The van der Waals surface area contributed by atoms with Crippen LogP contribution < -0.4 is 14.6 Å². The van der Waals surface area contributed by atoms with Gasteiger partial charge in [-0.1, -0.05) is 12.1 Å². The molecule has 4 rings (SSSR count). The van der Waals surface area contributed by atoms with Crippen molar-refractivity contribution in [2.24, 2.45) is 0 Å². The molecule has 1 fully saturated rings. The molecule has 1 saturated heterocycles. The number of pyridine rings is 2. The number of rotatable bonds is 5. The summed E-state index contributed by atoms with van der Waals surface area (Å²) >= 11 is 0. The van der Waals surface area contributed by atoms with Crippen molar-refractivity contribution in [1.82, 2.24) is 15.3 Å². The number of carbonyl (C=O) groups excluding carboxylic acids is 1. The number of amides is 1. The normalized spacial score (nSPS) is 17.9. The van der Waals surface area contributed by atoms with Gasteiger partial charge in [0.2, 0.25) is 5.69 Å². The molecule has 0 saturated carbocycles. The summed E-state index contributed by atoms with van der Waals surface area (Å²) in [7, 11) is 0. The standard InChI is InChI=1S/C21H20F5N5O/c22-20(23)7-11-30(12-8-20)13-16-28-17(15-6-2-4-10-31(15)16)19(32)29-18(21(24,25)26)14-5-1-3-9-27-14/h1-6,9-10,18H,7-8,11-13H2,(H,29,32)/p+2. The van der Waals surface area contributed by atoms with E-state index in [-0.39, 0.29) is 37.3 Å². The summed E-state index contributed by atoms with van der Waals surface area (Å²) in [5.74, 6) is -3.06. The smallest absolute Gasteiger partial charge is 0.332 e. The Morgan fingerprint density at radius 2 is 1.91 bits per heavy atom. The maximum atomic E-state index is 13.6. The number of nitrogens with zero attached hydrogens (tertiary/aromatic N) is 2. The van der Waals surface area contributed by atoms with Crippen molar-refractivity contribution in [2.75, 3.05) is 13.1 Å². The van der Waals surface area contributed by atoms with Gasteiger partial charge in [-0.05, 0) is 24.3 Å². The first kappa shape index (κ1) is 22.1. The van der Waals surface area contributed by atoms with Gasteiger partial charge in [-0.2, -0.15) is 17.6 Å². The molecule has 0 bridgehead atoms. The third-order valence-corrected chi connectivity index (χ3v) is 5.60. The van der Waals surface area contributed by atoms with Crippen LogP contribution in [0.4, 0.5) is 22.0 Å². The molecule has 6 nitrogen and oxygen atoms in total. The summed E-state index contributed by atoms with van der Waals surface area (Å²) < 4.78 is 69.5. The van der Waals surface area contributed by atoms with E-state index in [4.69, 9.17) is 0 Å². The van der Waals surface area contributed by atoms with E-state index in [1.54, 1.807) is 28.8 Å². The number of imidazole rings is 1. The minimum Gasteiger partial charge on any atom is -0.332 e. The monoisotopic (exact) mass is 455 g/mol. The van der Waals surface area contributed by atoms with Gasteiger partial charge in [0.05, 0.1) is 37.8 Å². The predicted octanol–water partition coefficient (Wildman–Crippen LogP) is 2.00. The van der Waals surface area contributed by atoms with Gasteiger partial charge in [0.1, 0.15) is 0 Å². The lowest BCUT2D eigenvalue weighted by Crippen LogP contribution is -3.12. The van der Waals surface area contributed by atoms with E-state index in [9.17, 15) is 26.7 Å². The van der Waals surface area contributed by atoms with E-state index < -0.39 is 24.0 Å². The predicted molar refractivity (Wildman–Crippen MR) is 103 cm³/mol. The fourth-order valence-corrected chi connectivity index (χ4v) is 3.91. The van der Waals surface area contributed by atoms with Gasteiger partial charge in [-0.3, -0.25) is 9.78 Å². The van der Waals surface area contributed by atoms with Crippen LogP contribution in [0.25, 0.3) is 5.52 Å². The van der Waals surface area contributed by atoms with Crippen molar-refractivity contribution < 1.29 is 36.0 Å². The Bertz CT molecular complexity index is 1090. The lowest BCUT2D eigenvalue weighted by molar-refractivity contribution is -0.927. The Morgan fingerprint density at radius 1 is 1.19 bits per heavy atom. The first-order valence-corrected chi connectivity index (χ1v) is 10.2. The van der Waals surface area contributed by atoms with E-state index in [2.05, 4.69) is 9.97 Å². The number of piperidine rings is 1. The Morgan fingerprint density at radius 3 is 2.56 bits per heavy atom. The summed E-state index contributed by atoms with van der Waals surface area (Å²) in [4.78, 5) is 20.5. The van der Waals surface area contributed by atoms with E-state index in [1.165, 1.54) is 24.4 Å². The first-order chi connectivity index (χ1) is 15.1. The molecule has 3 aromatic rings. The maximum absolute atomic E-state index is 13.6. The van der Waals surface area contributed by atoms with Crippen LogP contribution in [0.15, 0.2) is 48.8 Å². The Kier molecular flexibility index (Phi) is 5.85. The second-order valence-electron chi connectivity index (χ2n) is 7.89. The van der Waals surface area contributed by atoms with Crippen molar-refractivity contribution in [3.63, 3.8) is 0 Å². The van der Waals surface area contributed by atoms with Crippen LogP contribution in [0, 0.1) is 0 Å². The van der Waals surface area contributed by atoms with Gasteiger partial charge in [0, 0.05) is 6.20 Å². The number of aromatic nitrogens is 3. The Balaban J connectivity index is 1.61. The van der Waals surface area contributed by atoms with Crippen molar-refractivity contribution in [1.29, 1.82) is 0 Å². The molecule has 170 valence electrons. The number of nitrogens with one attached hydrogen (secondary N) is 3. The lowest BCUT2D eigenvalue weighted by Gasteiger charge is -2.27. The lowest BCUT2D eigenvalue weighted by atomic mass is 10.1. The summed E-state index contributed by atoms with van der Waals surface area (Å²) in [6.45, 7) is 0.855. The summed E-state index contributed by atoms with van der Waals surface area (Å²) in [5, 5.41) is 2.03. The van der Waals surface area contributed by atoms with Crippen LogP contribution in [0.1, 0.15) is 40.9 Å². The van der Waals surface area contributed by atoms with Crippen LogP contribution in [-0.2, 0) is 6.54 Å². The topological polar surface area (TPSA) is 66.3 Å². The second kappa shape index (κ2) is 8.45. The van der Waals surface area contributed by atoms with Crippen LogP contribution >= 0.6 is 0 Å². The highest BCUT2D eigenvalue weighted by Crippen LogP contribution is 2.31. The number of hydrogen-bond donors (Lipinski definition) is 3. The van der Waals surface area contributed by atoms with Crippen molar-refractivity contribution in [3.05, 3.63) is 66.0 Å². The minimum atomic E-state index is -4.74. The fourth-order valence-electron chi connectivity index (χ4n) is 3.91. The van der Waals surface area contributed by atoms with Crippen molar-refractivity contribution >= 4 is 11.4 Å². The van der Waals surface area contributed by atoms with E-state index >= 15 is 0 Å². The van der Waals surface area contributed by atoms with E-state index in [1.807, 2.05) is 5.32 Å². The summed E-state index contributed by atoms with van der Waals surface area (Å²) in [6, 6.07) is 6.81. The molecule has 0 radical (unpaired) electrons. The third kappa shape index (κ3) is 4.72. The molecule has 1 atom stereocenters. The van der Waals surface area contributed by atoms with Crippen LogP contribution in [0.3, 0.4) is 0 Å². The highest BCUT2D eigenvalue weighted by molar-refractivity contribution is 5.98. The number of carbonyl (C=O) groups is 1. The molecule has 11 heteroatoms. The molecule has 3 N–H and O–H groups in total. The highest BCUT2D eigenvalue weighted by atomic mass is 19.4. The third-order valence-electron chi connectivity index (χ3n) is 5.60. The fraction of sp³-hybridized carbons (Fsp3) is 0.381. The van der Waals surface area contributed by atoms with Crippen LogP contribution in [0.2, 0.25) is 0 Å². The molecular weight excluding hydrogens is 433 g/mol. The van der Waals surface area contributed by atoms with Gasteiger partial charge in [-0.15, -0.1) is 0 Å². The highest BCUT2D eigenvalue weighted by Gasteiger charge is 2.44. The Hall–Kier alpha value is -3.08. The van der Waals surface area contributed by atoms with Crippen molar-refractivity contribution in [2.45, 2.75) is 37.5 Å². The van der Waals surface area contributed by atoms with Gasteiger partial charge < -0.3 is 10.2 Å². The van der Waals surface area contributed by atoms with E-state index in [0.29, 0.717) is 17.9 Å². The minimum absolute atomic E-state index is 0.0347. The van der Waals surface area contributed by atoms with E-state index in [0.717, 1.165) is 4.90 Å². The summed E-state index contributed by atoms with van der Waals surface area (Å²) in [6.07, 6.45) is -2.29. The van der Waals surface area contributed by atoms with Crippen LogP contribution in [-0.4, -0.2) is 41.1 Å².